The van der Waals surface area contributed by atoms with Crippen LogP contribution in [0.2, 0.25) is 0 Å². The maximum Gasteiger partial charge on any atom is 0.325 e. The summed E-state index contributed by atoms with van der Waals surface area (Å²) >= 11 is 0. The molecule has 32 heavy (non-hydrogen) atoms. The Kier molecular flexibility index (Phi) is 7.22. The van der Waals surface area contributed by atoms with Gasteiger partial charge in [-0.2, -0.15) is 0 Å². The molecule has 0 spiro atoms. The second kappa shape index (κ2) is 9.89. The number of nitrogens with zero attached hydrogens (tertiary/aromatic N) is 2. The molecule has 170 valence electrons. The largest absolute Gasteiger partial charge is 0.337 e. The van der Waals surface area contributed by atoms with Crippen LogP contribution in [0.5, 0.6) is 0 Å². The number of halogens is 2. The van der Waals surface area contributed by atoms with Gasteiger partial charge in [0, 0.05) is 13.1 Å². The summed E-state index contributed by atoms with van der Waals surface area (Å²) in [4.78, 5) is 41.2. The van der Waals surface area contributed by atoms with E-state index in [9.17, 15) is 23.2 Å². The molecule has 1 aliphatic heterocycles. The summed E-state index contributed by atoms with van der Waals surface area (Å²) in [6, 6.07) is 10.5. The predicted molar refractivity (Wildman–Crippen MR) is 115 cm³/mol. The average Bonchev–Trinajstić information content (AvgIpc) is 2.98. The maximum absolute atomic E-state index is 13.3. The number of unbranched alkanes of at least 4 members (excludes halogenated alkanes) is 2. The molecule has 1 unspecified atom stereocenters. The fourth-order valence-corrected chi connectivity index (χ4v) is 3.71. The van der Waals surface area contributed by atoms with Crippen molar-refractivity contribution in [1.82, 2.24) is 15.1 Å². The predicted octanol–water partition coefficient (Wildman–Crippen LogP) is 3.95. The van der Waals surface area contributed by atoms with Gasteiger partial charge in [0.1, 0.15) is 23.7 Å². The Morgan fingerprint density at radius 3 is 2.19 bits per heavy atom. The number of benzene rings is 2. The number of rotatable bonds is 9. The minimum atomic E-state index is -1.38. The van der Waals surface area contributed by atoms with Crippen LogP contribution in [0.15, 0.2) is 48.5 Å². The van der Waals surface area contributed by atoms with Crippen LogP contribution in [0.25, 0.3) is 0 Å². The Morgan fingerprint density at radius 1 is 1.00 bits per heavy atom. The highest BCUT2D eigenvalue weighted by Crippen LogP contribution is 2.29. The summed E-state index contributed by atoms with van der Waals surface area (Å²) in [5.41, 5.74) is -0.197. The van der Waals surface area contributed by atoms with E-state index in [1.807, 2.05) is 0 Å². The third-order valence-corrected chi connectivity index (χ3v) is 5.66. The van der Waals surface area contributed by atoms with Gasteiger partial charge in [0.05, 0.1) is 0 Å². The number of nitrogens with one attached hydrogen (secondary N) is 1. The summed E-state index contributed by atoms with van der Waals surface area (Å²) < 4.78 is 26.5. The highest BCUT2D eigenvalue weighted by molar-refractivity contribution is 6.09. The lowest BCUT2D eigenvalue weighted by atomic mass is 9.92. The van der Waals surface area contributed by atoms with E-state index < -0.39 is 29.8 Å². The third-order valence-electron chi connectivity index (χ3n) is 5.66. The van der Waals surface area contributed by atoms with Crippen molar-refractivity contribution in [2.24, 2.45) is 0 Å². The Balaban J connectivity index is 1.75. The first-order valence-electron chi connectivity index (χ1n) is 10.7. The van der Waals surface area contributed by atoms with Crippen LogP contribution in [0.3, 0.4) is 0 Å². The van der Waals surface area contributed by atoms with Crippen molar-refractivity contribution >= 4 is 17.8 Å². The van der Waals surface area contributed by atoms with E-state index in [4.69, 9.17) is 0 Å². The first kappa shape index (κ1) is 23.4. The molecule has 0 bridgehead atoms. The zero-order valence-corrected chi connectivity index (χ0v) is 18.2. The van der Waals surface area contributed by atoms with Gasteiger partial charge in [-0.05, 0) is 48.7 Å². The molecule has 1 N–H and O–H groups in total. The van der Waals surface area contributed by atoms with Crippen molar-refractivity contribution in [1.29, 1.82) is 0 Å². The van der Waals surface area contributed by atoms with E-state index in [1.54, 1.807) is 17.0 Å². The van der Waals surface area contributed by atoms with Gasteiger partial charge in [0.2, 0.25) is 5.91 Å². The molecule has 1 heterocycles. The maximum atomic E-state index is 13.3. The average molecular weight is 443 g/mol. The summed E-state index contributed by atoms with van der Waals surface area (Å²) in [6.07, 6.45) is 2.68. The number of urea groups is 1. The lowest BCUT2D eigenvalue weighted by Gasteiger charge is -2.26. The molecule has 0 aliphatic carbocycles. The van der Waals surface area contributed by atoms with E-state index in [-0.39, 0.29) is 18.3 Å². The molecule has 1 saturated heterocycles. The summed E-state index contributed by atoms with van der Waals surface area (Å²) in [5.74, 6) is -1.77. The molecule has 1 aliphatic rings. The number of hydrogen-bond acceptors (Lipinski definition) is 3. The molecule has 2 aromatic rings. The summed E-state index contributed by atoms with van der Waals surface area (Å²) in [7, 11) is 0. The fraction of sp³-hybridized carbons (Fsp3) is 0.375. The molecule has 0 saturated carbocycles. The van der Waals surface area contributed by atoms with Gasteiger partial charge in [-0.1, -0.05) is 44.0 Å². The monoisotopic (exact) mass is 443 g/mol. The van der Waals surface area contributed by atoms with Crippen molar-refractivity contribution < 1.29 is 23.2 Å². The van der Waals surface area contributed by atoms with Gasteiger partial charge in [-0.15, -0.1) is 0 Å². The standard InChI is InChI=1S/C24H27F2N3O3/c1-3-4-5-14-28(15-17-6-10-19(25)11-7-17)21(30)16-29-22(31)24(2,27-23(29)32)18-8-12-20(26)13-9-18/h6-13H,3-5,14-16H2,1-2H3,(H,27,32). The smallest absolute Gasteiger partial charge is 0.325 e. The van der Waals surface area contributed by atoms with E-state index in [2.05, 4.69) is 12.2 Å². The molecule has 1 fully saturated rings. The minimum absolute atomic E-state index is 0.252. The first-order valence-corrected chi connectivity index (χ1v) is 10.7. The third kappa shape index (κ3) is 5.12. The van der Waals surface area contributed by atoms with Crippen LogP contribution in [-0.2, 0) is 21.7 Å². The van der Waals surface area contributed by atoms with Crippen molar-refractivity contribution in [3.8, 4) is 0 Å². The van der Waals surface area contributed by atoms with Crippen LogP contribution in [0.4, 0.5) is 13.6 Å². The van der Waals surface area contributed by atoms with Crippen LogP contribution < -0.4 is 5.32 Å². The topological polar surface area (TPSA) is 69.7 Å². The summed E-state index contributed by atoms with van der Waals surface area (Å²) in [5, 5.41) is 2.62. The zero-order chi connectivity index (χ0) is 23.3. The highest BCUT2D eigenvalue weighted by Gasteiger charge is 2.49. The van der Waals surface area contributed by atoms with Crippen LogP contribution in [-0.4, -0.2) is 40.7 Å². The van der Waals surface area contributed by atoms with Gasteiger partial charge in [0.25, 0.3) is 5.91 Å². The molecular formula is C24H27F2N3O3. The normalized spacial score (nSPS) is 18.1. The molecule has 0 radical (unpaired) electrons. The van der Waals surface area contributed by atoms with Crippen molar-refractivity contribution in [3.63, 3.8) is 0 Å². The molecule has 3 rings (SSSR count). The molecule has 0 aromatic heterocycles. The van der Waals surface area contributed by atoms with Crippen LogP contribution >= 0.6 is 0 Å². The molecule has 1 atom stereocenters. The van der Waals surface area contributed by atoms with Crippen molar-refractivity contribution in [2.75, 3.05) is 13.1 Å². The second-order valence-corrected chi connectivity index (χ2v) is 8.10. The Hall–Kier alpha value is -3.29. The van der Waals surface area contributed by atoms with E-state index in [1.165, 1.54) is 43.3 Å². The van der Waals surface area contributed by atoms with Gasteiger partial charge >= 0.3 is 6.03 Å². The van der Waals surface area contributed by atoms with Gasteiger partial charge in [0.15, 0.2) is 0 Å². The van der Waals surface area contributed by atoms with E-state index >= 15 is 0 Å². The number of carbonyl (C=O) groups excluding carboxylic acids is 3. The molecule has 4 amide bonds. The number of hydrogen-bond donors (Lipinski definition) is 1. The quantitative estimate of drug-likeness (QED) is 0.471. The van der Waals surface area contributed by atoms with Crippen molar-refractivity contribution in [2.45, 2.75) is 45.2 Å². The van der Waals surface area contributed by atoms with E-state index in [0.29, 0.717) is 12.1 Å². The summed E-state index contributed by atoms with van der Waals surface area (Å²) in [6.45, 7) is 3.89. The lowest BCUT2D eigenvalue weighted by molar-refractivity contribution is -0.139. The van der Waals surface area contributed by atoms with Crippen LogP contribution in [0, 0.1) is 11.6 Å². The SMILES string of the molecule is CCCCCN(Cc1ccc(F)cc1)C(=O)CN1C(=O)NC(C)(c2ccc(F)cc2)C1=O. The lowest BCUT2D eigenvalue weighted by Crippen LogP contribution is -2.44. The fourth-order valence-electron chi connectivity index (χ4n) is 3.71. The Morgan fingerprint density at radius 2 is 1.59 bits per heavy atom. The van der Waals surface area contributed by atoms with Crippen molar-refractivity contribution in [3.05, 3.63) is 71.3 Å². The molecule has 6 nitrogen and oxygen atoms in total. The number of amides is 4. The zero-order valence-electron chi connectivity index (χ0n) is 18.2. The Labute approximate surface area is 186 Å². The van der Waals surface area contributed by atoms with E-state index in [0.717, 1.165) is 29.7 Å². The second-order valence-electron chi connectivity index (χ2n) is 8.10. The molecule has 8 heteroatoms. The Bertz CT molecular complexity index is 979. The van der Waals surface area contributed by atoms with Crippen LogP contribution in [0.1, 0.15) is 44.2 Å². The minimum Gasteiger partial charge on any atom is -0.337 e. The number of carbonyl (C=O) groups is 3. The van der Waals surface area contributed by atoms with Gasteiger partial charge in [-0.25, -0.2) is 13.6 Å². The van der Waals surface area contributed by atoms with Gasteiger partial charge in [-0.3, -0.25) is 14.5 Å². The first-order chi connectivity index (χ1) is 15.2. The molecular weight excluding hydrogens is 416 g/mol. The molecule has 2 aromatic carbocycles. The number of imide groups is 1. The van der Waals surface area contributed by atoms with Gasteiger partial charge < -0.3 is 10.2 Å². The highest BCUT2D eigenvalue weighted by atomic mass is 19.1.